The van der Waals surface area contributed by atoms with Crippen LogP contribution in [0.3, 0.4) is 0 Å². The molecule has 3 aliphatic rings. The molecule has 0 amide bonds. The molecule has 3 unspecified atom stereocenters. The number of aliphatic hydroxyl groups excluding tert-OH is 2. The van der Waals surface area contributed by atoms with E-state index in [9.17, 15) is 15.3 Å². The number of nitrogens with zero attached hydrogens (tertiary/aromatic N) is 5. The molecule has 0 radical (unpaired) electrons. The molecule has 2 saturated heterocycles. The summed E-state index contributed by atoms with van der Waals surface area (Å²) in [5.41, 5.74) is 2.06. The minimum atomic E-state index is -1.15. The van der Waals surface area contributed by atoms with Crippen molar-refractivity contribution in [3.8, 4) is 10.6 Å². The first-order chi connectivity index (χ1) is 20.1. The van der Waals surface area contributed by atoms with E-state index in [0.29, 0.717) is 37.3 Å². The molecule has 4 N–H and O–H groups in total. The van der Waals surface area contributed by atoms with Crippen molar-refractivity contribution in [2.45, 2.75) is 83.3 Å². The van der Waals surface area contributed by atoms with Crippen LogP contribution in [0.25, 0.3) is 20.8 Å². The molecule has 6 atom stereocenters. The topological polar surface area (TPSA) is 146 Å². The molecule has 0 bridgehead atoms. The third kappa shape index (κ3) is 5.97. The Kier molecular flexibility index (Phi) is 8.38. The molecule has 42 heavy (non-hydrogen) atoms. The highest BCUT2D eigenvalue weighted by Crippen LogP contribution is 2.40. The van der Waals surface area contributed by atoms with Crippen LogP contribution in [0.15, 0.2) is 12.3 Å². The van der Waals surface area contributed by atoms with Gasteiger partial charge in [-0.3, -0.25) is 4.98 Å². The van der Waals surface area contributed by atoms with Crippen molar-refractivity contribution in [1.82, 2.24) is 19.9 Å². The first-order valence-electron chi connectivity index (χ1n) is 15.0. The van der Waals surface area contributed by atoms with Crippen LogP contribution in [0.1, 0.15) is 50.9 Å². The van der Waals surface area contributed by atoms with Crippen molar-refractivity contribution < 1.29 is 24.8 Å². The third-order valence-corrected chi connectivity index (χ3v) is 9.97. The average molecular weight is 599 g/mol. The molecule has 2 aliphatic heterocycles. The Morgan fingerprint density at radius 2 is 1.90 bits per heavy atom. The number of aliphatic hydroxyl groups is 3. The number of hydrogen-bond donors (Lipinski definition) is 4. The summed E-state index contributed by atoms with van der Waals surface area (Å²) >= 11 is 1.55. The van der Waals surface area contributed by atoms with Crippen molar-refractivity contribution in [2.75, 3.05) is 43.1 Å². The monoisotopic (exact) mass is 598 g/mol. The average Bonchev–Trinajstić information content (AvgIpc) is 3.74. The van der Waals surface area contributed by atoms with Gasteiger partial charge in [0.25, 0.3) is 0 Å². The maximum absolute atomic E-state index is 11.1. The largest absolute Gasteiger partial charge is 0.390 e. The molecule has 3 fully saturated rings. The number of aromatic nitrogens is 4. The van der Waals surface area contributed by atoms with E-state index in [0.717, 1.165) is 71.2 Å². The number of anilines is 2. The van der Waals surface area contributed by atoms with Crippen LogP contribution >= 0.6 is 11.3 Å². The molecule has 6 rings (SSSR count). The van der Waals surface area contributed by atoms with Gasteiger partial charge in [0.15, 0.2) is 0 Å². The number of hydrogen-bond acceptors (Lipinski definition) is 12. The molecule has 228 valence electrons. The second-order valence-corrected chi connectivity index (χ2v) is 13.6. The molecule has 12 heteroatoms. The Labute approximate surface area is 250 Å². The zero-order valence-electron chi connectivity index (χ0n) is 24.8. The zero-order chi connectivity index (χ0) is 29.6. The van der Waals surface area contributed by atoms with Gasteiger partial charge in [-0.1, -0.05) is 0 Å². The molecule has 3 aromatic rings. The zero-order valence-corrected chi connectivity index (χ0v) is 25.6. The highest BCUT2D eigenvalue weighted by atomic mass is 32.1. The van der Waals surface area contributed by atoms with Crippen molar-refractivity contribution in [3.63, 3.8) is 0 Å². The molecule has 11 nitrogen and oxygen atoms in total. The van der Waals surface area contributed by atoms with Crippen molar-refractivity contribution in [3.05, 3.63) is 23.7 Å². The summed E-state index contributed by atoms with van der Waals surface area (Å²) in [6.07, 6.45) is 3.19. The number of nitrogens with one attached hydrogen (secondary N) is 1. The molecule has 1 aliphatic carbocycles. The van der Waals surface area contributed by atoms with Gasteiger partial charge in [-0.25, -0.2) is 9.97 Å². The van der Waals surface area contributed by atoms with Gasteiger partial charge in [0.2, 0.25) is 5.95 Å². The summed E-state index contributed by atoms with van der Waals surface area (Å²) in [5, 5.41) is 36.8. The number of rotatable bonds is 9. The minimum Gasteiger partial charge on any atom is -0.390 e. The van der Waals surface area contributed by atoms with E-state index in [4.69, 9.17) is 24.4 Å². The van der Waals surface area contributed by atoms with Gasteiger partial charge in [0, 0.05) is 44.3 Å². The fourth-order valence-electron chi connectivity index (χ4n) is 6.51. The summed E-state index contributed by atoms with van der Waals surface area (Å²) in [6, 6.07) is 1.43. The summed E-state index contributed by atoms with van der Waals surface area (Å²) < 4.78 is 12.7. The highest BCUT2D eigenvalue weighted by Gasteiger charge is 2.48. The van der Waals surface area contributed by atoms with Crippen molar-refractivity contribution >= 4 is 33.3 Å². The lowest BCUT2D eigenvalue weighted by atomic mass is 9.88. The molecular weight excluding hydrogens is 556 g/mol. The Morgan fingerprint density at radius 3 is 2.57 bits per heavy atom. The Morgan fingerprint density at radius 1 is 1.07 bits per heavy atom. The van der Waals surface area contributed by atoms with Gasteiger partial charge < -0.3 is 35.0 Å². The number of fused-ring (bicyclic) bond motifs is 1. The second-order valence-electron chi connectivity index (χ2n) is 12.6. The van der Waals surface area contributed by atoms with Crippen LogP contribution < -0.4 is 10.2 Å². The highest BCUT2D eigenvalue weighted by molar-refractivity contribution is 7.21. The normalized spacial score (nSPS) is 28.2. The number of thiazole rings is 1. The van der Waals surface area contributed by atoms with E-state index in [2.05, 4.69) is 15.2 Å². The standard InChI is InChI=1S/C30H42N6O5S/c1-16-23(28-34-24-17(2)31-9-7-22(24)42-28)27(33-21-12-20(30(3,4)39)25(37)26(21)38)35-29(32-16)36(13-18-8-11-40-15-18)14-19-6-5-10-41-19/h7,9,18-21,25-26,37-39H,5-6,8,10-15H2,1-4H3,(H,32,33,35)/t18?,19?,20-,21?,25+,26-/m0/s1. The predicted molar refractivity (Wildman–Crippen MR) is 162 cm³/mol. The Balaban J connectivity index is 1.41. The summed E-state index contributed by atoms with van der Waals surface area (Å²) in [5.74, 6) is 1.03. The maximum Gasteiger partial charge on any atom is 0.227 e. The van der Waals surface area contributed by atoms with Crippen molar-refractivity contribution in [1.29, 1.82) is 0 Å². The van der Waals surface area contributed by atoms with E-state index in [1.165, 1.54) is 0 Å². The van der Waals surface area contributed by atoms with E-state index in [1.807, 2.05) is 19.9 Å². The van der Waals surface area contributed by atoms with Gasteiger partial charge in [-0.15, -0.1) is 11.3 Å². The fraction of sp³-hybridized carbons (Fsp3) is 0.667. The lowest BCUT2D eigenvalue weighted by Gasteiger charge is -2.29. The molecule has 0 aromatic carbocycles. The van der Waals surface area contributed by atoms with Crippen LogP contribution in [0.2, 0.25) is 0 Å². The lowest BCUT2D eigenvalue weighted by molar-refractivity contribution is -0.0601. The Bertz CT molecular complexity index is 1380. The van der Waals surface area contributed by atoms with E-state index < -0.39 is 29.8 Å². The predicted octanol–water partition coefficient (Wildman–Crippen LogP) is 3.08. The van der Waals surface area contributed by atoms with Gasteiger partial charge >= 0.3 is 0 Å². The molecule has 5 heterocycles. The molecule has 3 aromatic heterocycles. The number of aryl methyl sites for hydroxylation is 2. The van der Waals surface area contributed by atoms with Gasteiger partial charge in [-0.2, -0.15) is 4.98 Å². The number of pyridine rings is 1. The summed E-state index contributed by atoms with van der Waals surface area (Å²) in [4.78, 5) is 21.7. The molecule has 0 spiro atoms. The van der Waals surface area contributed by atoms with Crippen LogP contribution in [-0.2, 0) is 9.47 Å². The van der Waals surface area contributed by atoms with Crippen LogP contribution in [0.4, 0.5) is 11.8 Å². The van der Waals surface area contributed by atoms with Gasteiger partial charge in [0.05, 0.1) is 52.1 Å². The molecule has 1 saturated carbocycles. The van der Waals surface area contributed by atoms with Crippen molar-refractivity contribution in [2.24, 2.45) is 11.8 Å². The first-order valence-corrected chi connectivity index (χ1v) is 15.8. The van der Waals surface area contributed by atoms with E-state index in [1.54, 1.807) is 31.4 Å². The van der Waals surface area contributed by atoms with Crippen LogP contribution in [0.5, 0.6) is 0 Å². The quantitative estimate of drug-likeness (QED) is 0.288. The first kappa shape index (κ1) is 29.6. The Hall–Kier alpha value is -2.48. The SMILES string of the molecule is Cc1nc(N(CC2CCOC2)CC2CCCO2)nc(NC2C[C@H](C(C)(C)O)[C@@H](O)[C@H]2O)c1-c1nc2c(C)nccc2s1. The van der Waals surface area contributed by atoms with E-state index >= 15 is 0 Å². The van der Waals surface area contributed by atoms with Crippen LogP contribution in [-0.4, -0.2) is 98.1 Å². The molecular formula is C30H42N6O5S. The van der Waals surface area contributed by atoms with Gasteiger partial charge in [0.1, 0.15) is 22.4 Å². The fourth-order valence-corrected chi connectivity index (χ4v) is 7.63. The third-order valence-electron chi connectivity index (χ3n) is 8.93. The summed E-state index contributed by atoms with van der Waals surface area (Å²) in [7, 11) is 0. The van der Waals surface area contributed by atoms with E-state index in [-0.39, 0.29) is 6.10 Å². The second kappa shape index (κ2) is 11.9. The summed E-state index contributed by atoms with van der Waals surface area (Å²) in [6.45, 7) is 10.9. The van der Waals surface area contributed by atoms with Crippen LogP contribution in [0, 0.1) is 25.7 Å². The van der Waals surface area contributed by atoms with Gasteiger partial charge in [-0.05, 0) is 59.4 Å². The lowest BCUT2D eigenvalue weighted by Crippen LogP contribution is -2.40. The number of ether oxygens (including phenoxy) is 2. The maximum atomic E-state index is 11.1. The smallest absolute Gasteiger partial charge is 0.227 e. The minimum absolute atomic E-state index is 0.117.